The molecule has 0 atom stereocenters. The number of halogens is 2. The first kappa shape index (κ1) is 9.65. The van der Waals surface area contributed by atoms with Crippen LogP contribution in [-0.2, 0) is 0 Å². The van der Waals surface area contributed by atoms with E-state index in [2.05, 4.69) is 20.9 Å². The molecule has 0 unspecified atom stereocenters. The molecular formula is C9H11BrFN. The van der Waals surface area contributed by atoms with E-state index in [9.17, 15) is 4.39 Å². The molecule has 0 aromatic carbocycles. The van der Waals surface area contributed by atoms with Crippen molar-refractivity contribution in [2.45, 2.75) is 26.7 Å². The Morgan fingerprint density at radius 3 is 2.58 bits per heavy atom. The first-order chi connectivity index (χ1) is 5.52. The Morgan fingerprint density at radius 2 is 2.08 bits per heavy atom. The molecule has 1 heterocycles. The van der Waals surface area contributed by atoms with Crippen LogP contribution in [0.4, 0.5) is 4.39 Å². The second-order valence-corrected chi connectivity index (χ2v) is 3.93. The Morgan fingerprint density at radius 1 is 1.50 bits per heavy atom. The Kier molecular flexibility index (Phi) is 2.83. The molecule has 0 radical (unpaired) electrons. The van der Waals surface area contributed by atoms with Gasteiger partial charge in [-0.05, 0) is 34.8 Å². The van der Waals surface area contributed by atoms with Gasteiger partial charge in [0.15, 0.2) is 0 Å². The smallest absolute Gasteiger partial charge is 0.145 e. The summed E-state index contributed by atoms with van der Waals surface area (Å²) in [6.45, 7) is 5.74. The number of nitrogens with zero attached hydrogens (tertiary/aromatic N) is 1. The summed E-state index contributed by atoms with van der Waals surface area (Å²) in [5.41, 5.74) is 1.37. The van der Waals surface area contributed by atoms with Crippen LogP contribution in [0.15, 0.2) is 10.5 Å². The van der Waals surface area contributed by atoms with Crippen LogP contribution >= 0.6 is 15.9 Å². The van der Waals surface area contributed by atoms with Crippen molar-refractivity contribution in [1.82, 2.24) is 4.98 Å². The number of hydrogen-bond acceptors (Lipinski definition) is 1. The van der Waals surface area contributed by atoms with E-state index in [1.165, 1.54) is 6.07 Å². The highest BCUT2D eigenvalue weighted by Gasteiger charge is 2.09. The maximum Gasteiger partial charge on any atom is 0.145 e. The van der Waals surface area contributed by atoms with Crippen LogP contribution in [0.2, 0.25) is 0 Å². The Bertz CT molecular complexity index is 297. The van der Waals surface area contributed by atoms with Gasteiger partial charge in [-0.1, -0.05) is 13.8 Å². The van der Waals surface area contributed by atoms with Gasteiger partial charge in [-0.25, -0.2) is 4.39 Å². The van der Waals surface area contributed by atoms with Gasteiger partial charge in [-0.15, -0.1) is 0 Å². The standard InChI is InChI=1S/C9H11BrFN/c1-5(2)9-7(10)4-8(11)6(3)12-9/h4-5H,1-3H3. The van der Waals surface area contributed by atoms with Crippen molar-refractivity contribution in [3.8, 4) is 0 Å². The third-order valence-electron chi connectivity index (χ3n) is 1.68. The summed E-state index contributed by atoms with van der Waals surface area (Å²) < 4.78 is 13.7. The van der Waals surface area contributed by atoms with Crippen molar-refractivity contribution >= 4 is 15.9 Å². The highest BCUT2D eigenvalue weighted by molar-refractivity contribution is 9.10. The van der Waals surface area contributed by atoms with Crippen molar-refractivity contribution in [2.24, 2.45) is 0 Å². The topological polar surface area (TPSA) is 12.9 Å². The molecule has 0 aliphatic heterocycles. The zero-order valence-corrected chi connectivity index (χ0v) is 8.94. The molecule has 0 bridgehead atoms. The summed E-state index contributed by atoms with van der Waals surface area (Å²) in [4.78, 5) is 4.15. The zero-order chi connectivity index (χ0) is 9.30. The van der Waals surface area contributed by atoms with E-state index < -0.39 is 0 Å². The minimum atomic E-state index is -0.258. The largest absolute Gasteiger partial charge is 0.254 e. The fourth-order valence-corrected chi connectivity index (χ4v) is 1.73. The minimum Gasteiger partial charge on any atom is -0.254 e. The predicted molar refractivity (Wildman–Crippen MR) is 50.7 cm³/mol. The van der Waals surface area contributed by atoms with Crippen molar-refractivity contribution in [3.63, 3.8) is 0 Å². The van der Waals surface area contributed by atoms with Gasteiger partial charge in [0.2, 0.25) is 0 Å². The summed E-state index contributed by atoms with van der Waals surface area (Å²) in [7, 11) is 0. The second-order valence-electron chi connectivity index (χ2n) is 3.08. The molecule has 1 aromatic heterocycles. The number of aromatic nitrogens is 1. The maximum absolute atomic E-state index is 12.9. The Balaban J connectivity index is 3.23. The first-order valence-corrected chi connectivity index (χ1v) is 4.64. The van der Waals surface area contributed by atoms with Crippen molar-refractivity contribution in [2.75, 3.05) is 0 Å². The van der Waals surface area contributed by atoms with Gasteiger partial charge in [0, 0.05) is 4.47 Å². The van der Waals surface area contributed by atoms with Crippen molar-refractivity contribution in [1.29, 1.82) is 0 Å². The highest BCUT2D eigenvalue weighted by atomic mass is 79.9. The van der Waals surface area contributed by atoms with Crippen LogP contribution in [0.5, 0.6) is 0 Å². The molecule has 12 heavy (non-hydrogen) atoms. The van der Waals surface area contributed by atoms with Gasteiger partial charge in [0.1, 0.15) is 5.82 Å². The quantitative estimate of drug-likeness (QED) is 0.722. The molecule has 0 N–H and O–H groups in total. The molecule has 3 heteroatoms. The van der Waals surface area contributed by atoms with Gasteiger partial charge >= 0.3 is 0 Å². The lowest BCUT2D eigenvalue weighted by Crippen LogP contribution is -1.98. The van der Waals surface area contributed by atoms with Gasteiger partial charge in [0.25, 0.3) is 0 Å². The van der Waals surface area contributed by atoms with Crippen LogP contribution < -0.4 is 0 Å². The van der Waals surface area contributed by atoms with Crippen LogP contribution in [0.1, 0.15) is 31.2 Å². The Labute approximate surface area is 80.1 Å². The van der Waals surface area contributed by atoms with E-state index in [1.54, 1.807) is 6.92 Å². The fraction of sp³-hybridized carbons (Fsp3) is 0.444. The molecule has 0 saturated carbocycles. The van der Waals surface area contributed by atoms with Gasteiger partial charge in [-0.2, -0.15) is 0 Å². The van der Waals surface area contributed by atoms with Crippen molar-refractivity contribution < 1.29 is 4.39 Å². The number of hydrogen-bond donors (Lipinski definition) is 0. The summed E-state index contributed by atoms with van der Waals surface area (Å²) >= 11 is 3.28. The summed E-state index contributed by atoms with van der Waals surface area (Å²) in [5, 5.41) is 0. The zero-order valence-electron chi connectivity index (χ0n) is 7.36. The van der Waals surface area contributed by atoms with E-state index in [0.717, 1.165) is 10.2 Å². The summed E-state index contributed by atoms with van der Waals surface area (Å²) in [6, 6.07) is 1.47. The number of aryl methyl sites for hydroxylation is 1. The molecule has 1 aromatic rings. The normalized spacial score (nSPS) is 10.8. The fourth-order valence-electron chi connectivity index (χ4n) is 0.982. The lowest BCUT2D eigenvalue weighted by Gasteiger charge is -2.08. The SMILES string of the molecule is Cc1nc(C(C)C)c(Br)cc1F. The molecular weight excluding hydrogens is 221 g/mol. The van der Waals surface area contributed by atoms with Crippen LogP contribution in [-0.4, -0.2) is 4.98 Å². The van der Waals surface area contributed by atoms with Gasteiger partial charge in [0.05, 0.1) is 11.4 Å². The van der Waals surface area contributed by atoms with E-state index in [4.69, 9.17) is 0 Å². The average Bonchev–Trinajstić information content (AvgIpc) is 1.96. The van der Waals surface area contributed by atoms with E-state index in [0.29, 0.717) is 11.6 Å². The van der Waals surface area contributed by atoms with E-state index in [-0.39, 0.29) is 5.82 Å². The second kappa shape index (κ2) is 3.52. The van der Waals surface area contributed by atoms with Crippen molar-refractivity contribution in [3.05, 3.63) is 27.7 Å². The monoisotopic (exact) mass is 231 g/mol. The van der Waals surface area contributed by atoms with Crippen LogP contribution in [0, 0.1) is 12.7 Å². The predicted octanol–water partition coefficient (Wildman–Crippen LogP) is 3.42. The lowest BCUT2D eigenvalue weighted by atomic mass is 10.1. The minimum absolute atomic E-state index is 0.258. The molecule has 0 aliphatic rings. The third kappa shape index (κ3) is 1.83. The molecule has 0 spiro atoms. The summed E-state index contributed by atoms with van der Waals surface area (Å²) in [6.07, 6.45) is 0. The van der Waals surface area contributed by atoms with Gasteiger partial charge in [-0.3, -0.25) is 4.98 Å². The lowest BCUT2D eigenvalue weighted by molar-refractivity contribution is 0.603. The number of rotatable bonds is 1. The first-order valence-electron chi connectivity index (χ1n) is 3.85. The molecule has 66 valence electrons. The Hall–Kier alpha value is -0.440. The molecule has 0 saturated heterocycles. The molecule has 0 fully saturated rings. The molecule has 0 amide bonds. The molecule has 1 nitrogen and oxygen atoms in total. The average molecular weight is 232 g/mol. The molecule has 0 aliphatic carbocycles. The highest BCUT2D eigenvalue weighted by Crippen LogP contribution is 2.24. The van der Waals surface area contributed by atoms with Crippen LogP contribution in [0.3, 0.4) is 0 Å². The summed E-state index contributed by atoms with van der Waals surface area (Å²) in [5.74, 6) is 0.0601. The van der Waals surface area contributed by atoms with Crippen LogP contribution in [0.25, 0.3) is 0 Å². The maximum atomic E-state index is 12.9. The van der Waals surface area contributed by atoms with Gasteiger partial charge < -0.3 is 0 Å². The number of pyridine rings is 1. The molecule has 1 rings (SSSR count). The van der Waals surface area contributed by atoms with E-state index >= 15 is 0 Å². The third-order valence-corrected chi connectivity index (χ3v) is 2.31. The van der Waals surface area contributed by atoms with E-state index in [1.807, 2.05) is 13.8 Å².